The van der Waals surface area contributed by atoms with Crippen molar-refractivity contribution in [1.82, 2.24) is 5.32 Å². The van der Waals surface area contributed by atoms with Crippen LogP contribution in [0, 0.1) is 0 Å². The average molecular weight is 154 g/mol. The van der Waals surface area contributed by atoms with Crippen molar-refractivity contribution in [2.75, 3.05) is 6.54 Å². The molecule has 1 N–H and O–H groups in total. The SMILES string of the molecule is CC1(NC[C]=O)CCCCC1. The minimum Gasteiger partial charge on any atom is -0.304 e. The molecule has 1 aliphatic rings. The Hall–Kier alpha value is -0.370. The average Bonchev–Trinajstić information content (AvgIpc) is 2.03. The molecule has 0 aromatic rings. The first-order chi connectivity index (χ1) is 5.27. The van der Waals surface area contributed by atoms with Gasteiger partial charge >= 0.3 is 0 Å². The van der Waals surface area contributed by atoms with Gasteiger partial charge in [0.2, 0.25) is 6.29 Å². The van der Waals surface area contributed by atoms with Gasteiger partial charge in [0.25, 0.3) is 0 Å². The second-order valence-corrected chi connectivity index (χ2v) is 3.62. The van der Waals surface area contributed by atoms with Crippen LogP contribution in [-0.4, -0.2) is 18.4 Å². The summed E-state index contributed by atoms with van der Waals surface area (Å²) in [6, 6.07) is 0. The largest absolute Gasteiger partial charge is 0.304 e. The molecule has 1 saturated carbocycles. The normalized spacial score (nSPS) is 23.0. The van der Waals surface area contributed by atoms with E-state index in [1.54, 1.807) is 0 Å². The Morgan fingerprint density at radius 3 is 2.55 bits per heavy atom. The van der Waals surface area contributed by atoms with E-state index in [-0.39, 0.29) is 5.54 Å². The fourth-order valence-electron chi connectivity index (χ4n) is 1.76. The van der Waals surface area contributed by atoms with E-state index in [2.05, 4.69) is 12.2 Å². The van der Waals surface area contributed by atoms with Crippen LogP contribution in [0.4, 0.5) is 0 Å². The van der Waals surface area contributed by atoms with Crippen LogP contribution >= 0.6 is 0 Å². The van der Waals surface area contributed by atoms with Gasteiger partial charge in [-0.2, -0.15) is 0 Å². The van der Waals surface area contributed by atoms with Crippen LogP contribution in [0.15, 0.2) is 0 Å². The van der Waals surface area contributed by atoms with E-state index >= 15 is 0 Å². The molecular weight excluding hydrogens is 138 g/mol. The second kappa shape index (κ2) is 3.86. The lowest BCUT2D eigenvalue weighted by molar-refractivity contribution is 0.264. The summed E-state index contributed by atoms with van der Waals surface area (Å²) in [5.41, 5.74) is 0.218. The molecule has 0 atom stereocenters. The maximum absolute atomic E-state index is 10.0. The molecule has 0 heterocycles. The summed E-state index contributed by atoms with van der Waals surface area (Å²) in [7, 11) is 0. The molecular formula is C9H16NO. The lowest BCUT2D eigenvalue weighted by Gasteiger charge is -2.33. The predicted molar refractivity (Wildman–Crippen MR) is 45.2 cm³/mol. The van der Waals surface area contributed by atoms with Crippen LogP contribution in [0.1, 0.15) is 39.0 Å². The first-order valence-corrected chi connectivity index (χ1v) is 4.37. The number of nitrogens with one attached hydrogen (secondary N) is 1. The smallest absolute Gasteiger partial charge is 0.213 e. The number of rotatable bonds is 3. The summed E-state index contributed by atoms with van der Waals surface area (Å²) >= 11 is 0. The minimum atomic E-state index is 0.218. The van der Waals surface area contributed by atoms with Gasteiger partial charge in [0.1, 0.15) is 0 Å². The third-order valence-corrected chi connectivity index (χ3v) is 2.54. The zero-order valence-corrected chi connectivity index (χ0v) is 7.15. The fraction of sp³-hybridized carbons (Fsp3) is 0.889. The van der Waals surface area contributed by atoms with Gasteiger partial charge in [0.05, 0.1) is 6.54 Å². The van der Waals surface area contributed by atoms with Crippen molar-refractivity contribution in [3.05, 3.63) is 0 Å². The molecule has 0 amide bonds. The molecule has 0 spiro atoms. The monoisotopic (exact) mass is 154 g/mol. The fourth-order valence-corrected chi connectivity index (χ4v) is 1.76. The Kier molecular flexibility index (Phi) is 3.06. The molecule has 0 bridgehead atoms. The Morgan fingerprint density at radius 1 is 1.36 bits per heavy atom. The van der Waals surface area contributed by atoms with Crippen LogP contribution in [0.5, 0.6) is 0 Å². The van der Waals surface area contributed by atoms with Gasteiger partial charge < -0.3 is 5.32 Å². The highest BCUT2D eigenvalue weighted by Gasteiger charge is 2.25. The molecule has 0 aliphatic heterocycles. The van der Waals surface area contributed by atoms with E-state index in [0.717, 1.165) is 0 Å². The Morgan fingerprint density at radius 2 is 2.00 bits per heavy atom. The summed E-state index contributed by atoms with van der Waals surface area (Å²) in [5.74, 6) is 0. The lowest BCUT2D eigenvalue weighted by Crippen LogP contribution is -2.44. The molecule has 63 valence electrons. The van der Waals surface area contributed by atoms with Crippen LogP contribution in [-0.2, 0) is 4.79 Å². The molecule has 0 unspecified atom stereocenters. The summed E-state index contributed by atoms with van der Waals surface area (Å²) < 4.78 is 0. The summed E-state index contributed by atoms with van der Waals surface area (Å²) in [6.07, 6.45) is 8.22. The van der Waals surface area contributed by atoms with E-state index < -0.39 is 0 Å². The maximum Gasteiger partial charge on any atom is 0.213 e. The Labute approximate surface area is 68.4 Å². The Bertz CT molecular complexity index is 128. The highest BCUT2D eigenvalue weighted by atomic mass is 16.1. The lowest BCUT2D eigenvalue weighted by atomic mass is 9.83. The molecule has 0 aromatic carbocycles. The van der Waals surface area contributed by atoms with E-state index in [4.69, 9.17) is 0 Å². The topological polar surface area (TPSA) is 29.1 Å². The van der Waals surface area contributed by atoms with Gasteiger partial charge in [-0.05, 0) is 19.8 Å². The van der Waals surface area contributed by atoms with Crippen molar-refractivity contribution in [1.29, 1.82) is 0 Å². The van der Waals surface area contributed by atoms with Crippen molar-refractivity contribution in [2.45, 2.75) is 44.6 Å². The van der Waals surface area contributed by atoms with E-state index in [1.807, 2.05) is 6.29 Å². The van der Waals surface area contributed by atoms with Gasteiger partial charge in [0.15, 0.2) is 0 Å². The maximum atomic E-state index is 10.0. The molecule has 0 aromatic heterocycles. The van der Waals surface area contributed by atoms with Crippen molar-refractivity contribution in [2.24, 2.45) is 0 Å². The minimum absolute atomic E-state index is 0.218. The van der Waals surface area contributed by atoms with E-state index in [9.17, 15) is 4.79 Å². The molecule has 2 heteroatoms. The summed E-state index contributed by atoms with van der Waals surface area (Å²) in [6.45, 7) is 2.58. The zero-order chi connectivity index (χ0) is 8.16. The molecule has 2 nitrogen and oxygen atoms in total. The van der Waals surface area contributed by atoms with Crippen LogP contribution in [0.25, 0.3) is 0 Å². The standard InChI is InChI=1S/C9H16NO/c1-9(10-7-8-11)5-3-2-4-6-9/h10H,2-7H2,1H3. The van der Waals surface area contributed by atoms with E-state index in [1.165, 1.54) is 32.1 Å². The third-order valence-electron chi connectivity index (χ3n) is 2.54. The van der Waals surface area contributed by atoms with Gasteiger partial charge in [-0.15, -0.1) is 0 Å². The molecule has 0 saturated heterocycles. The predicted octanol–water partition coefficient (Wildman–Crippen LogP) is 1.41. The van der Waals surface area contributed by atoms with Crippen molar-refractivity contribution >= 4 is 6.29 Å². The first kappa shape index (κ1) is 8.72. The number of hydrogen-bond acceptors (Lipinski definition) is 2. The quantitative estimate of drug-likeness (QED) is 0.666. The van der Waals surface area contributed by atoms with Gasteiger partial charge in [-0.25, -0.2) is 0 Å². The number of hydrogen-bond donors (Lipinski definition) is 1. The van der Waals surface area contributed by atoms with Crippen molar-refractivity contribution in [3.63, 3.8) is 0 Å². The zero-order valence-electron chi connectivity index (χ0n) is 7.15. The van der Waals surface area contributed by atoms with Crippen molar-refractivity contribution < 1.29 is 4.79 Å². The summed E-state index contributed by atoms with van der Waals surface area (Å²) in [5, 5.41) is 3.22. The first-order valence-electron chi connectivity index (χ1n) is 4.37. The van der Waals surface area contributed by atoms with Gasteiger partial charge in [-0.1, -0.05) is 19.3 Å². The second-order valence-electron chi connectivity index (χ2n) is 3.62. The molecule has 1 aliphatic carbocycles. The number of carbonyl (C=O) groups excluding carboxylic acids is 1. The van der Waals surface area contributed by atoms with Crippen LogP contribution < -0.4 is 5.32 Å². The van der Waals surface area contributed by atoms with Gasteiger partial charge in [0, 0.05) is 5.54 Å². The van der Waals surface area contributed by atoms with Gasteiger partial charge in [-0.3, -0.25) is 4.79 Å². The molecule has 1 fully saturated rings. The Balaban J connectivity index is 2.30. The van der Waals surface area contributed by atoms with Crippen molar-refractivity contribution in [3.8, 4) is 0 Å². The molecule has 1 radical (unpaired) electrons. The molecule has 1 rings (SSSR count). The van der Waals surface area contributed by atoms with Crippen LogP contribution in [0.2, 0.25) is 0 Å². The third kappa shape index (κ3) is 2.62. The summed E-state index contributed by atoms with van der Waals surface area (Å²) in [4.78, 5) is 10.0. The highest BCUT2D eigenvalue weighted by molar-refractivity contribution is 5.53. The van der Waals surface area contributed by atoms with E-state index in [0.29, 0.717) is 6.54 Å². The van der Waals surface area contributed by atoms with Crippen LogP contribution in [0.3, 0.4) is 0 Å². The molecule has 11 heavy (non-hydrogen) atoms. The highest BCUT2D eigenvalue weighted by Crippen LogP contribution is 2.26.